The lowest BCUT2D eigenvalue weighted by atomic mass is 10.1. The van der Waals surface area contributed by atoms with Crippen molar-refractivity contribution in [3.05, 3.63) is 83.3 Å². The number of para-hydroxylation sites is 1. The molecule has 0 fully saturated rings. The van der Waals surface area contributed by atoms with Gasteiger partial charge in [-0.15, -0.1) is 0 Å². The second kappa shape index (κ2) is 6.63. The van der Waals surface area contributed by atoms with E-state index in [1.165, 1.54) is 0 Å². The maximum atomic E-state index is 12.5. The number of aromatic nitrogens is 1. The number of benzene rings is 3. The number of aromatic amines is 1. The summed E-state index contributed by atoms with van der Waals surface area (Å²) < 4.78 is 28.3. The molecule has 0 aliphatic heterocycles. The summed E-state index contributed by atoms with van der Waals surface area (Å²) in [6, 6.07) is 24.0. The van der Waals surface area contributed by atoms with Crippen LogP contribution in [0.15, 0.2) is 88.2 Å². The van der Waals surface area contributed by atoms with Crippen LogP contribution in [0.3, 0.4) is 0 Å². The topological polar surface area (TPSA) is 62.0 Å². The van der Waals surface area contributed by atoms with Crippen molar-refractivity contribution in [3.63, 3.8) is 0 Å². The first kappa shape index (κ1) is 16.9. The quantitative estimate of drug-likeness (QED) is 0.458. The minimum atomic E-state index is -3.61. The average Bonchev–Trinajstić information content (AvgIpc) is 3.06. The number of rotatable bonds is 4. The van der Waals surface area contributed by atoms with Gasteiger partial charge in [0.15, 0.2) is 0 Å². The molecule has 1 aromatic heterocycles. The Kier molecular flexibility index (Phi) is 4.30. The van der Waals surface area contributed by atoms with Gasteiger partial charge in [0, 0.05) is 26.8 Å². The maximum absolute atomic E-state index is 12.5. The molecule has 0 aliphatic carbocycles. The zero-order valence-electron chi connectivity index (χ0n) is 13.6. The molecule has 0 bridgehead atoms. The lowest BCUT2D eigenvalue weighted by Crippen LogP contribution is -2.12. The summed E-state index contributed by atoms with van der Waals surface area (Å²) in [4.78, 5) is 3.59. The lowest BCUT2D eigenvalue weighted by Gasteiger charge is -2.09. The highest BCUT2D eigenvalue weighted by Crippen LogP contribution is 2.26. The SMILES string of the molecule is O=S(=O)(Nc1ccc(-c2cc3ccccc3[nH]2)cc1)c1ccc(Br)cc1. The molecule has 0 saturated carbocycles. The molecule has 0 atom stereocenters. The van der Waals surface area contributed by atoms with Gasteiger partial charge in [-0.05, 0) is 54.1 Å². The summed E-state index contributed by atoms with van der Waals surface area (Å²) >= 11 is 3.30. The smallest absolute Gasteiger partial charge is 0.261 e. The van der Waals surface area contributed by atoms with Crippen LogP contribution >= 0.6 is 15.9 Å². The Labute approximate surface area is 160 Å². The first-order valence-electron chi connectivity index (χ1n) is 7.98. The van der Waals surface area contributed by atoms with Crippen molar-refractivity contribution < 1.29 is 8.42 Å². The molecule has 1 heterocycles. The largest absolute Gasteiger partial charge is 0.355 e. The zero-order chi connectivity index (χ0) is 18.1. The van der Waals surface area contributed by atoms with Crippen molar-refractivity contribution in [1.82, 2.24) is 4.98 Å². The van der Waals surface area contributed by atoms with Gasteiger partial charge in [0.2, 0.25) is 0 Å². The van der Waals surface area contributed by atoms with E-state index >= 15 is 0 Å². The molecule has 0 spiro atoms. The van der Waals surface area contributed by atoms with E-state index in [2.05, 4.69) is 37.8 Å². The van der Waals surface area contributed by atoms with E-state index in [9.17, 15) is 8.42 Å². The van der Waals surface area contributed by atoms with E-state index in [0.29, 0.717) is 5.69 Å². The van der Waals surface area contributed by atoms with Crippen LogP contribution in [0.4, 0.5) is 5.69 Å². The highest BCUT2D eigenvalue weighted by atomic mass is 79.9. The van der Waals surface area contributed by atoms with Crippen LogP contribution in [-0.4, -0.2) is 13.4 Å². The average molecular weight is 427 g/mol. The van der Waals surface area contributed by atoms with Crippen LogP contribution in [0.25, 0.3) is 22.2 Å². The fraction of sp³-hybridized carbons (Fsp3) is 0. The predicted octanol–water partition coefficient (Wildman–Crippen LogP) is 5.40. The van der Waals surface area contributed by atoms with Crippen molar-refractivity contribution in [2.75, 3.05) is 4.72 Å². The van der Waals surface area contributed by atoms with Gasteiger partial charge in [0.1, 0.15) is 0 Å². The van der Waals surface area contributed by atoms with Gasteiger partial charge in [-0.25, -0.2) is 8.42 Å². The van der Waals surface area contributed by atoms with Crippen LogP contribution in [0.2, 0.25) is 0 Å². The standard InChI is InChI=1S/C20H15BrN2O2S/c21-16-7-11-18(12-8-16)26(24,25)23-17-9-5-14(6-10-17)20-13-15-3-1-2-4-19(15)22-20/h1-13,22-23H. The molecule has 26 heavy (non-hydrogen) atoms. The number of H-pyrrole nitrogens is 1. The first-order valence-corrected chi connectivity index (χ1v) is 10.3. The molecule has 0 amide bonds. The van der Waals surface area contributed by atoms with Gasteiger partial charge in [-0.2, -0.15) is 0 Å². The van der Waals surface area contributed by atoms with Crippen molar-refractivity contribution in [1.29, 1.82) is 0 Å². The Hall–Kier alpha value is -2.57. The third kappa shape index (κ3) is 3.38. The van der Waals surface area contributed by atoms with Crippen molar-refractivity contribution >= 4 is 42.5 Å². The van der Waals surface area contributed by atoms with Crippen molar-refractivity contribution in [2.45, 2.75) is 4.90 Å². The van der Waals surface area contributed by atoms with Gasteiger partial charge >= 0.3 is 0 Å². The molecule has 0 radical (unpaired) electrons. The number of halogens is 1. The predicted molar refractivity (Wildman–Crippen MR) is 109 cm³/mol. The molecule has 4 rings (SSSR count). The fourth-order valence-electron chi connectivity index (χ4n) is 2.77. The molecule has 130 valence electrons. The maximum Gasteiger partial charge on any atom is 0.261 e. The van der Waals surface area contributed by atoms with Crippen LogP contribution < -0.4 is 4.72 Å². The molecular weight excluding hydrogens is 412 g/mol. The van der Waals surface area contributed by atoms with Crippen molar-refractivity contribution in [2.24, 2.45) is 0 Å². The summed E-state index contributed by atoms with van der Waals surface area (Å²) in [7, 11) is -3.61. The Bertz CT molecular complexity index is 1130. The van der Waals surface area contributed by atoms with Gasteiger partial charge in [-0.1, -0.05) is 46.3 Å². The van der Waals surface area contributed by atoms with Gasteiger partial charge in [0.05, 0.1) is 4.90 Å². The number of hydrogen-bond donors (Lipinski definition) is 2. The first-order chi connectivity index (χ1) is 12.5. The molecule has 0 unspecified atom stereocenters. The summed E-state index contributed by atoms with van der Waals surface area (Å²) in [5.74, 6) is 0. The third-order valence-corrected chi connectivity index (χ3v) is 6.03. The van der Waals surface area contributed by atoms with Gasteiger partial charge in [-0.3, -0.25) is 4.72 Å². The Morgan fingerprint density at radius 1 is 0.846 bits per heavy atom. The third-order valence-electron chi connectivity index (χ3n) is 4.10. The molecule has 4 nitrogen and oxygen atoms in total. The number of anilines is 1. The van der Waals surface area contributed by atoms with Gasteiger partial charge < -0.3 is 4.98 Å². The summed E-state index contributed by atoms with van der Waals surface area (Å²) in [6.07, 6.45) is 0. The molecule has 6 heteroatoms. The molecule has 0 aliphatic rings. The van der Waals surface area contributed by atoms with Crippen LogP contribution in [-0.2, 0) is 10.0 Å². The second-order valence-electron chi connectivity index (χ2n) is 5.91. The number of sulfonamides is 1. The summed E-state index contributed by atoms with van der Waals surface area (Å²) in [5.41, 5.74) is 3.58. The Morgan fingerprint density at radius 2 is 1.54 bits per heavy atom. The molecule has 4 aromatic rings. The van der Waals surface area contributed by atoms with E-state index in [1.807, 2.05) is 30.3 Å². The Balaban J connectivity index is 1.58. The minimum absolute atomic E-state index is 0.223. The van der Waals surface area contributed by atoms with Crippen LogP contribution in [0.1, 0.15) is 0 Å². The van der Waals surface area contributed by atoms with E-state index in [-0.39, 0.29) is 4.90 Å². The fourth-order valence-corrected chi connectivity index (χ4v) is 4.10. The highest BCUT2D eigenvalue weighted by Gasteiger charge is 2.14. The highest BCUT2D eigenvalue weighted by molar-refractivity contribution is 9.10. The monoisotopic (exact) mass is 426 g/mol. The molecular formula is C20H15BrN2O2S. The van der Waals surface area contributed by atoms with E-state index in [1.54, 1.807) is 36.4 Å². The zero-order valence-corrected chi connectivity index (χ0v) is 16.0. The lowest BCUT2D eigenvalue weighted by molar-refractivity contribution is 0.601. The normalized spacial score (nSPS) is 11.6. The second-order valence-corrected chi connectivity index (χ2v) is 8.51. The van der Waals surface area contributed by atoms with E-state index in [4.69, 9.17) is 0 Å². The van der Waals surface area contributed by atoms with Crippen LogP contribution in [0, 0.1) is 0 Å². The Morgan fingerprint density at radius 3 is 2.23 bits per heavy atom. The molecule has 2 N–H and O–H groups in total. The summed E-state index contributed by atoms with van der Waals surface area (Å²) in [6.45, 7) is 0. The summed E-state index contributed by atoms with van der Waals surface area (Å²) in [5, 5.41) is 1.14. The van der Waals surface area contributed by atoms with Crippen LogP contribution in [0.5, 0.6) is 0 Å². The number of hydrogen-bond acceptors (Lipinski definition) is 2. The number of fused-ring (bicyclic) bond motifs is 1. The van der Waals surface area contributed by atoms with E-state index < -0.39 is 10.0 Å². The molecule has 3 aromatic carbocycles. The molecule has 0 saturated heterocycles. The van der Waals surface area contributed by atoms with Gasteiger partial charge in [0.25, 0.3) is 10.0 Å². The van der Waals surface area contributed by atoms with Crippen molar-refractivity contribution in [3.8, 4) is 11.3 Å². The van der Waals surface area contributed by atoms with E-state index in [0.717, 1.165) is 26.6 Å². The minimum Gasteiger partial charge on any atom is -0.355 e. The number of nitrogens with one attached hydrogen (secondary N) is 2.